The Labute approximate surface area is 399 Å². The summed E-state index contributed by atoms with van der Waals surface area (Å²) in [5.41, 5.74) is 11.4. The lowest BCUT2D eigenvalue weighted by Crippen LogP contribution is -2.61. The maximum Gasteiger partial charge on any atom is 0.329 e. The van der Waals surface area contributed by atoms with E-state index in [-0.39, 0.29) is 30.1 Å². The van der Waals surface area contributed by atoms with E-state index < -0.39 is 126 Å². The molecule has 374 valence electrons. The number of carbonyl (C=O) groups excluding carboxylic acids is 9. The van der Waals surface area contributed by atoms with Gasteiger partial charge < -0.3 is 52.4 Å². The lowest BCUT2D eigenvalue weighted by atomic mass is 9.92. The molecule has 1 aliphatic rings. The van der Waals surface area contributed by atoms with E-state index in [1.807, 2.05) is 6.92 Å². The molecule has 2 rings (SSSR count). The van der Waals surface area contributed by atoms with E-state index in [4.69, 9.17) is 22.6 Å². The van der Waals surface area contributed by atoms with Gasteiger partial charge in [0.2, 0.25) is 47.3 Å². The fraction of sp³-hybridized carbons (Fsp3) is 0.571. The fourth-order valence-corrected chi connectivity index (χ4v) is 7.36. The van der Waals surface area contributed by atoms with E-state index in [1.54, 1.807) is 66.7 Å². The third kappa shape index (κ3) is 16.3. The number of phenolic OH excluding ortho intramolecular Hbond substituents is 1. The molecule has 0 radical (unpaired) electrons. The molecule has 19 nitrogen and oxygen atoms in total. The first-order valence-electron chi connectivity index (χ1n) is 23.0. The molecule has 0 fully saturated rings. The number of phenols is 1. The van der Waals surface area contributed by atoms with Crippen molar-refractivity contribution in [2.45, 2.75) is 143 Å². The minimum absolute atomic E-state index is 0.0390. The monoisotopic (exact) mass is 949 g/mol. The predicted molar refractivity (Wildman–Crippen MR) is 254 cm³/mol. The average Bonchev–Trinajstić information content (AvgIpc) is 3.27. The topological polar surface area (TPSA) is 290 Å². The molecule has 0 aromatic heterocycles. The highest BCUT2D eigenvalue weighted by molar-refractivity contribution is 5.98. The second kappa shape index (κ2) is 26.6. The standard InChI is InChI=1S/C49H72N8O11/c1-13-28(8)39(54-44(62)36(25-32-18-20-34(58)21-19-32)56(12)48(66)41(29(9)14-2)57-22-16-17-33(15-3)47(57)65)49(67)68-31(11)40(46(64)52-35(42(51)60)23-26(4)5)55-45(63)38(30(10)24-37(50)59)53-43(61)27(6)7/h3,16,18-22,26-29,31,33,35-36,38-41,58H,10,13-14,17,23-25H2,1-2,4-9,11-12H3,(H2,50,59)(H2,51,60)(H,52,64)(H,53,61)(H,54,62)(H,55,63)/t28-,29-,31+,33?,35-,36-,38-,39-,40-,41-/m0/s1. The number of primary amides is 2. The van der Waals surface area contributed by atoms with Crippen LogP contribution in [0.1, 0.15) is 100.0 Å². The lowest BCUT2D eigenvalue weighted by molar-refractivity contribution is -0.158. The molecule has 1 unspecified atom stereocenters. The van der Waals surface area contributed by atoms with E-state index >= 15 is 0 Å². The molecule has 8 amide bonds. The van der Waals surface area contributed by atoms with Gasteiger partial charge in [0.05, 0.1) is 0 Å². The lowest BCUT2D eigenvalue weighted by Gasteiger charge is -2.39. The zero-order chi connectivity index (χ0) is 51.7. The maximum absolute atomic E-state index is 14.7. The quantitative estimate of drug-likeness (QED) is 0.0399. The number of esters is 1. The molecule has 1 aromatic carbocycles. The Kier molecular flexibility index (Phi) is 22.4. The zero-order valence-corrected chi connectivity index (χ0v) is 41.0. The molecule has 68 heavy (non-hydrogen) atoms. The number of benzene rings is 1. The van der Waals surface area contributed by atoms with E-state index in [0.717, 1.165) is 0 Å². The number of aromatic hydroxyl groups is 1. The molecule has 0 saturated carbocycles. The van der Waals surface area contributed by atoms with Gasteiger partial charge in [0.25, 0.3) is 0 Å². The second-order valence-corrected chi connectivity index (χ2v) is 18.2. The number of terminal acetylenes is 1. The molecule has 1 aromatic rings. The molecular formula is C49H72N8O11. The Morgan fingerprint density at radius 3 is 1.97 bits per heavy atom. The highest BCUT2D eigenvalue weighted by atomic mass is 16.5. The van der Waals surface area contributed by atoms with Crippen LogP contribution in [0.15, 0.2) is 48.7 Å². The summed E-state index contributed by atoms with van der Waals surface area (Å²) in [7, 11) is 1.41. The summed E-state index contributed by atoms with van der Waals surface area (Å²) >= 11 is 0. The van der Waals surface area contributed by atoms with Crippen molar-refractivity contribution >= 4 is 53.2 Å². The molecule has 1 heterocycles. The summed E-state index contributed by atoms with van der Waals surface area (Å²) in [5, 5.41) is 20.3. The van der Waals surface area contributed by atoms with Gasteiger partial charge in [-0.05, 0) is 60.8 Å². The summed E-state index contributed by atoms with van der Waals surface area (Å²) in [6.07, 6.45) is 7.95. The number of likely N-dealkylation sites (N-methyl/N-ethyl adjacent to an activating group) is 1. The number of nitrogens with one attached hydrogen (secondary N) is 4. The van der Waals surface area contributed by atoms with Gasteiger partial charge in [-0.1, -0.05) is 98.9 Å². The molecular weight excluding hydrogens is 877 g/mol. The number of ether oxygens (including phenoxy) is 1. The first-order valence-corrected chi connectivity index (χ1v) is 23.0. The molecule has 0 spiro atoms. The molecule has 10 atom stereocenters. The van der Waals surface area contributed by atoms with Crippen LogP contribution < -0.4 is 32.7 Å². The highest BCUT2D eigenvalue weighted by Crippen LogP contribution is 2.26. The van der Waals surface area contributed by atoms with Gasteiger partial charge in [0.1, 0.15) is 54.0 Å². The third-order valence-corrected chi connectivity index (χ3v) is 12.0. The van der Waals surface area contributed by atoms with Crippen LogP contribution in [-0.2, 0) is 54.3 Å². The van der Waals surface area contributed by atoms with Crippen molar-refractivity contribution < 1.29 is 53.0 Å². The fourth-order valence-electron chi connectivity index (χ4n) is 7.36. The Balaban J connectivity index is 2.65. The van der Waals surface area contributed by atoms with Gasteiger partial charge >= 0.3 is 5.97 Å². The number of rotatable bonds is 26. The first-order chi connectivity index (χ1) is 31.8. The Hall–Kier alpha value is -6.71. The summed E-state index contributed by atoms with van der Waals surface area (Å²) in [5.74, 6) is -7.32. The first kappa shape index (κ1) is 57.4. The van der Waals surface area contributed by atoms with E-state index in [1.165, 1.54) is 42.1 Å². The van der Waals surface area contributed by atoms with Crippen LogP contribution in [0.3, 0.4) is 0 Å². The van der Waals surface area contributed by atoms with Gasteiger partial charge in [-0.3, -0.25) is 38.4 Å². The van der Waals surface area contributed by atoms with E-state index in [9.17, 15) is 48.3 Å². The van der Waals surface area contributed by atoms with Crippen LogP contribution in [0.4, 0.5) is 0 Å². The van der Waals surface area contributed by atoms with Crippen LogP contribution >= 0.6 is 0 Å². The molecule has 0 aliphatic carbocycles. The average molecular weight is 949 g/mol. The Morgan fingerprint density at radius 1 is 0.868 bits per heavy atom. The van der Waals surface area contributed by atoms with Crippen molar-refractivity contribution in [3.8, 4) is 18.1 Å². The number of hydrogen-bond donors (Lipinski definition) is 7. The van der Waals surface area contributed by atoms with Gasteiger partial charge in [-0.25, -0.2) is 4.79 Å². The van der Waals surface area contributed by atoms with Crippen LogP contribution in [0.5, 0.6) is 5.75 Å². The number of nitrogens with two attached hydrogens (primary N) is 2. The Bertz CT molecular complexity index is 2080. The SMILES string of the molecule is C#CC1CC=CN([C@H](C(=O)N(C)[C@@H](Cc2ccc(O)cc2)C(=O)N[C@H](C(=O)O[C@H](C)[C@H](NC(=O)[C@@H](NC(=O)C(C)C)C(=C)CC(N)=O)C(=O)N[C@@H](CC(C)C)C(N)=O)[C@@H](C)CC)[C@@H](C)CC)C1=O. The number of allylic oxidation sites excluding steroid dienone is 1. The summed E-state index contributed by atoms with van der Waals surface area (Å²) < 4.78 is 5.88. The minimum atomic E-state index is -1.77. The number of nitrogens with zero attached hydrogens (tertiary/aromatic N) is 2. The number of carbonyl (C=O) groups is 9. The zero-order valence-electron chi connectivity index (χ0n) is 41.0. The molecule has 0 bridgehead atoms. The van der Waals surface area contributed by atoms with Crippen molar-refractivity contribution in [1.29, 1.82) is 0 Å². The molecule has 19 heteroatoms. The molecule has 9 N–H and O–H groups in total. The maximum atomic E-state index is 14.7. The predicted octanol–water partition coefficient (Wildman–Crippen LogP) is 1.71. The molecule has 1 aliphatic heterocycles. The molecule has 0 saturated heterocycles. The third-order valence-electron chi connectivity index (χ3n) is 12.0. The van der Waals surface area contributed by atoms with Gasteiger partial charge in [0, 0.05) is 32.0 Å². The number of amides is 8. The van der Waals surface area contributed by atoms with Crippen molar-refractivity contribution in [2.24, 2.45) is 41.1 Å². The highest BCUT2D eigenvalue weighted by Gasteiger charge is 2.43. The van der Waals surface area contributed by atoms with Crippen molar-refractivity contribution in [3.05, 3.63) is 54.3 Å². The van der Waals surface area contributed by atoms with Crippen molar-refractivity contribution in [2.75, 3.05) is 7.05 Å². The summed E-state index contributed by atoms with van der Waals surface area (Å²) in [4.78, 5) is 125. The minimum Gasteiger partial charge on any atom is -0.508 e. The van der Waals surface area contributed by atoms with Gasteiger partial charge in [-0.15, -0.1) is 6.42 Å². The summed E-state index contributed by atoms with van der Waals surface area (Å²) in [6, 6.07) is -2.37. The second-order valence-electron chi connectivity index (χ2n) is 18.2. The van der Waals surface area contributed by atoms with Gasteiger partial charge in [-0.2, -0.15) is 0 Å². The van der Waals surface area contributed by atoms with Crippen molar-refractivity contribution in [1.82, 2.24) is 31.1 Å². The number of hydrogen-bond acceptors (Lipinski definition) is 11. The normalized spacial score (nSPS) is 17.4. The van der Waals surface area contributed by atoms with Crippen LogP contribution in [-0.4, -0.2) is 118 Å². The summed E-state index contributed by atoms with van der Waals surface area (Å²) in [6.45, 7) is 18.8. The van der Waals surface area contributed by atoms with E-state index in [0.29, 0.717) is 24.8 Å². The Morgan fingerprint density at radius 2 is 1.46 bits per heavy atom. The van der Waals surface area contributed by atoms with Crippen LogP contribution in [0.2, 0.25) is 0 Å². The van der Waals surface area contributed by atoms with Crippen molar-refractivity contribution in [3.63, 3.8) is 0 Å². The van der Waals surface area contributed by atoms with Gasteiger partial charge in [0.15, 0.2) is 0 Å². The van der Waals surface area contributed by atoms with Crippen LogP contribution in [0, 0.1) is 41.9 Å². The van der Waals surface area contributed by atoms with E-state index in [2.05, 4.69) is 33.8 Å². The smallest absolute Gasteiger partial charge is 0.329 e. The van der Waals surface area contributed by atoms with Crippen LogP contribution in [0.25, 0.3) is 0 Å². The largest absolute Gasteiger partial charge is 0.508 e.